The summed E-state index contributed by atoms with van der Waals surface area (Å²) in [5, 5.41) is 13.6. The summed E-state index contributed by atoms with van der Waals surface area (Å²) in [6.07, 6.45) is 1.96. The van der Waals surface area contributed by atoms with Crippen molar-refractivity contribution in [1.82, 2.24) is 10.1 Å². The van der Waals surface area contributed by atoms with Gasteiger partial charge in [-0.2, -0.15) is 4.98 Å². The van der Waals surface area contributed by atoms with Gasteiger partial charge in [0.2, 0.25) is 11.7 Å². The molecule has 0 fully saturated rings. The third-order valence-electron chi connectivity index (χ3n) is 2.40. The Morgan fingerprint density at radius 3 is 2.82 bits per heavy atom. The Kier molecular flexibility index (Phi) is 3.35. The van der Waals surface area contributed by atoms with Crippen molar-refractivity contribution in [3.8, 4) is 17.1 Å². The highest BCUT2D eigenvalue weighted by Gasteiger charge is 2.14. The fourth-order valence-corrected chi connectivity index (χ4v) is 2.13. The van der Waals surface area contributed by atoms with Gasteiger partial charge < -0.3 is 15.4 Å². The second-order valence-corrected chi connectivity index (χ2v) is 4.40. The second-order valence-electron chi connectivity index (χ2n) is 3.55. The number of aromatic nitrogens is 2. The molecule has 3 N–H and O–H groups in total. The summed E-state index contributed by atoms with van der Waals surface area (Å²) in [4.78, 5) is 5.14. The second kappa shape index (κ2) is 4.77. The molecule has 17 heavy (non-hydrogen) atoms. The first-order valence-electron chi connectivity index (χ1n) is 5.06. The molecule has 0 saturated carbocycles. The van der Waals surface area contributed by atoms with Gasteiger partial charge in [0.1, 0.15) is 5.75 Å². The summed E-state index contributed by atoms with van der Waals surface area (Å²) in [5.74, 6) is 1.05. The molecule has 1 aromatic heterocycles. The molecule has 0 aliphatic carbocycles. The predicted octanol–water partition coefficient (Wildman–Crippen LogP) is 1.93. The largest absolute Gasteiger partial charge is 0.508 e. The van der Waals surface area contributed by atoms with Crippen LogP contribution in [0.15, 0.2) is 21.6 Å². The maximum Gasteiger partial charge on any atom is 0.240 e. The molecule has 1 heterocycles. The number of nitrogens with zero attached hydrogens (tertiary/aromatic N) is 2. The summed E-state index contributed by atoms with van der Waals surface area (Å²) in [6, 6.07) is 3.54. The number of nitrogens with two attached hydrogens (primary N) is 1. The van der Waals surface area contributed by atoms with Crippen molar-refractivity contribution in [3.63, 3.8) is 0 Å². The van der Waals surface area contributed by atoms with Crippen LogP contribution in [0, 0.1) is 6.92 Å². The zero-order valence-electron chi connectivity index (χ0n) is 9.60. The number of aromatic hydroxyl groups is 1. The van der Waals surface area contributed by atoms with Crippen molar-refractivity contribution >= 4 is 11.8 Å². The average molecular weight is 251 g/mol. The topological polar surface area (TPSA) is 85.2 Å². The zero-order chi connectivity index (χ0) is 12.4. The number of thioether (sulfide) groups is 1. The first-order valence-corrected chi connectivity index (χ1v) is 6.28. The van der Waals surface area contributed by atoms with Gasteiger partial charge in [-0.15, -0.1) is 11.8 Å². The Hall–Kier alpha value is -1.53. The van der Waals surface area contributed by atoms with Crippen LogP contribution in [-0.4, -0.2) is 21.5 Å². The van der Waals surface area contributed by atoms with Crippen LogP contribution >= 0.6 is 11.8 Å². The zero-order valence-corrected chi connectivity index (χ0v) is 10.4. The predicted molar refractivity (Wildman–Crippen MR) is 65.8 cm³/mol. The average Bonchev–Trinajstić information content (AvgIpc) is 2.80. The first kappa shape index (κ1) is 11.9. The van der Waals surface area contributed by atoms with Crippen molar-refractivity contribution in [1.29, 1.82) is 0 Å². The lowest BCUT2D eigenvalue weighted by Crippen LogP contribution is -1.95. The molecule has 5 nitrogen and oxygen atoms in total. The number of phenolic OH excluding ortho intramolecular Hbond substituents is 1. The molecular formula is C11H13N3O2S. The molecule has 6 heteroatoms. The normalized spacial score (nSPS) is 10.8. The van der Waals surface area contributed by atoms with Crippen LogP contribution in [0.5, 0.6) is 5.75 Å². The molecule has 0 bridgehead atoms. The molecule has 0 unspecified atom stereocenters. The van der Waals surface area contributed by atoms with Gasteiger partial charge in [0.15, 0.2) is 0 Å². The highest BCUT2D eigenvalue weighted by molar-refractivity contribution is 7.98. The molecule has 0 atom stereocenters. The number of hydrogen-bond acceptors (Lipinski definition) is 6. The van der Waals surface area contributed by atoms with Crippen LogP contribution < -0.4 is 5.73 Å². The quantitative estimate of drug-likeness (QED) is 0.811. The van der Waals surface area contributed by atoms with Crippen molar-refractivity contribution in [3.05, 3.63) is 23.6 Å². The molecule has 0 saturated heterocycles. The molecule has 2 rings (SSSR count). The van der Waals surface area contributed by atoms with Crippen LogP contribution in [0.2, 0.25) is 0 Å². The van der Waals surface area contributed by atoms with Gasteiger partial charge in [0, 0.05) is 10.5 Å². The Morgan fingerprint density at radius 1 is 1.47 bits per heavy atom. The van der Waals surface area contributed by atoms with E-state index in [0.717, 1.165) is 16.0 Å². The van der Waals surface area contributed by atoms with Gasteiger partial charge in [-0.25, -0.2) is 0 Å². The van der Waals surface area contributed by atoms with Gasteiger partial charge in [-0.05, 0) is 30.9 Å². The summed E-state index contributed by atoms with van der Waals surface area (Å²) in [7, 11) is 0. The minimum atomic E-state index is 0.208. The van der Waals surface area contributed by atoms with E-state index in [-0.39, 0.29) is 12.3 Å². The van der Waals surface area contributed by atoms with Gasteiger partial charge in [-0.3, -0.25) is 0 Å². The molecule has 90 valence electrons. The Morgan fingerprint density at radius 2 is 2.24 bits per heavy atom. The van der Waals surface area contributed by atoms with Crippen molar-refractivity contribution in [2.75, 3.05) is 6.26 Å². The molecule has 0 aliphatic rings. The van der Waals surface area contributed by atoms with Crippen LogP contribution in [0.1, 0.15) is 11.5 Å². The lowest BCUT2D eigenvalue weighted by Gasteiger charge is -2.06. The van der Waals surface area contributed by atoms with Crippen molar-refractivity contribution in [2.24, 2.45) is 5.73 Å². The maximum atomic E-state index is 9.73. The maximum absolute atomic E-state index is 9.73. The smallest absolute Gasteiger partial charge is 0.240 e. The SMILES string of the molecule is CSc1cc(C)c(O)cc1-c1noc(CN)n1. The standard InChI is InChI=1S/C11H13N3O2S/c1-6-3-9(17-2)7(4-8(6)15)11-13-10(5-12)16-14-11/h3-4,15H,5,12H2,1-2H3. The molecule has 0 amide bonds. The number of aryl methyl sites for hydroxylation is 1. The number of rotatable bonds is 3. The van der Waals surface area contributed by atoms with Crippen molar-refractivity contribution < 1.29 is 9.63 Å². The van der Waals surface area contributed by atoms with E-state index in [1.807, 2.05) is 19.2 Å². The molecule has 0 aliphatic heterocycles. The van der Waals surface area contributed by atoms with E-state index in [0.29, 0.717) is 11.7 Å². The van der Waals surface area contributed by atoms with E-state index in [1.54, 1.807) is 17.8 Å². The Balaban J connectivity index is 2.53. The number of hydrogen-bond donors (Lipinski definition) is 2. The molecule has 1 aromatic carbocycles. The summed E-state index contributed by atoms with van der Waals surface area (Å²) < 4.78 is 4.96. The highest BCUT2D eigenvalue weighted by Crippen LogP contribution is 2.33. The summed E-state index contributed by atoms with van der Waals surface area (Å²) >= 11 is 1.57. The Labute approximate surface area is 103 Å². The lowest BCUT2D eigenvalue weighted by molar-refractivity contribution is 0.380. The van der Waals surface area contributed by atoms with E-state index in [1.165, 1.54) is 0 Å². The summed E-state index contributed by atoms with van der Waals surface area (Å²) in [5.41, 5.74) is 6.99. The van der Waals surface area contributed by atoms with Crippen LogP contribution in [0.3, 0.4) is 0 Å². The van der Waals surface area contributed by atoms with Crippen LogP contribution in [-0.2, 0) is 6.54 Å². The van der Waals surface area contributed by atoms with Gasteiger partial charge in [0.25, 0.3) is 0 Å². The third-order valence-corrected chi connectivity index (χ3v) is 3.18. The molecular weight excluding hydrogens is 238 g/mol. The molecule has 0 spiro atoms. The fourth-order valence-electron chi connectivity index (χ4n) is 1.46. The third kappa shape index (κ3) is 2.27. The lowest BCUT2D eigenvalue weighted by atomic mass is 10.1. The first-order chi connectivity index (χ1) is 8.15. The van der Waals surface area contributed by atoms with E-state index in [9.17, 15) is 5.11 Å². The van der Waals surface area contributed by atoms with Gasteiger partial charge >= 0.3 is 0 Å². The number of benzene rings is 1. The summed E-state index contributed by atoms with van der Waals surface area (Å²) in [6.45, 7) is 2.06. The van der Waals surface area contributed by atoms with E-state index < -0.39 is 0 Å². The van der Waals surface area contributed by atoms with Crippen LogP contribution in [0.25, 0.3) is 11.4 Å². The van der Waals surface area contributed by atoms with Gasteiger partial charge in [-0.1, -0.05) is 5.16 Å². The minimum Gasteiger partial charge on any atom is -0.508 e. The van der Waals surface area contributed by atoms with E-state index in [4.69, 9.17) is 10.3 Å². The molecule has 0 radical (unpaired) electrons. The van der Waals surface area contributed by atoms with E-state index >= 15 is 0 Å². The van der Waals surface area contributed by atoms with Gasteiger partial charge in [0.05, 0.1) is 6.54 Å². The highest BCUT2D eigenvalue weighted by atomic mass is 32.2. The Bertz CT molecular complexity index is 540. The number of phenols is 1. The minimum absolute atomic E-state index is 0.208. The van der Waals surface area contributed by atoms with Crippen molar-refractivity contribution in [2.45, 2.75) is 18.4 Å². The monoisotopic (exact) mass is 251 g/mol. The van der Waals surface area contributed by atoms with E-state index in [2.05, 4.69) is 10.1 Å². The fraction of sp³-hybridized carbons (Fsp3) is 0.273. The molecule has 2 aromatic rings. The van der Waals surface area contributed by atoms with Crippen LogP contribution in [0.4, 0.5) is 0 Å².